The number of hydrogen-bond donors (Lipinski definition) is 0. The quantitative estimate of drug-likeness (QED) is 0.732. The van der Waals surface area contributed by atoms with E-state index in [0.717, 1.165) is 0 Å². The lowest BCUT2D eigenvalue weighted by Crippen LogP contribution is -1.86. The van der Waals surface area contributed by atoms with Gasteiger partial charge >= 0.3 is 0 Å². The molecule has 0 aliphatic heterocycles. The van der Waals surface area contributed by atoms with Crippen LogP contribution < -0.4 is 0 Å². The fraction of sp³-hybridized carbons (Fsp3) is 0. The summed E-state index contributed by atoms with van der Waals surface area (Å²) >= 11 is 3.07. The van der Waals surface area contributed by atoms with Crippen molar-refractivity contribution in [3.8, 4) is 0 Å². The third kappa shape index (κ3) is 1.53. The van der Waals surface area contributed by atoms with Crippen molar-refractivity contribution in [2.45, 2.75) is 0 Å². The van der Waals surface area contributed by atoms with Gasteiger partial charge in [-0.2, -0.15) is 0 Å². The van der Waals surface area contributed by atoms with Gasteiger partial charge in [0, 0.05) is 17.1 Å². The maximum Gasteiger partial charge on any atom is 0.151 e. The number of aromatic nitrogens is 1. The lowest BCUT2D eigenvalue weighted by molar-refractivity contribution is 0.112. The predicted octanol–water partition coefficient (Wildman–Crippen LogP) is 2.95. The molecule has 2 rings (SSSR count). The number of aldehydes is 1. The van der Waals surface area contributed by atoms with Crippen LogP contribution in [0.1, 0.15) is 10.4 Å². The lowest BCUT2D eigenvalue weighted by Gasteiger charge is -1.99. The summed E-state index contributed by atoms with van der Waals surface area (Å²) in [6.45, 7) is 0. The molecule has 0 aliphatic carbocycles. The van der Waals surface area contributed by atoms with Crippen LogP contribution in [0.2, 0.25) is 0 Å². The van der Waals surface area contributed by atoms with Crippen LogP contribution in [0.15, 0.2) is 28.9 Å². The van der Waals surface area contributed by atoms with Crippen molar-refractivity contribution in [2.24, 2.45) is 0 Å². The minimum Gasteiger partial charge on any atom is -0.298 e. The third-order valence-corrected chi connectivity index (χ3v) is 2.49. The molecule has 2 nitrogen and oxygen atoms in total. The summed E-state index contributed by atoms with van der Waals surface area (Å²) in [5.74, 6) is -0.359. The molecule has 0 saturated carbocycles. The van der Waals surface area contributed by atoms with Gasteiger partial charge in [-0.1, -0.05) is 0 Å². The Labute approximate surface area is 87.9 Å². The third-order valence-electron chi connectivity index (χ3n) is 1.88. The topological polar surface area (TPSA) is 30.0 Å². The summed E-state index contributed by atoms with van der Waals surface area (Å²) < 4.78 is 13.5. The first-order chi connectivity index (χ1) is 6.70. The second-order valence-corrected chi connectivity index (χ2v) is 3.70. The molecule has 0 N–H and O–H groups in total. The summed E-state index contributed by atoms with van der Waals surface area (Å²) in [5.41, 5.74) is 1.10. The smallest absolute Gasteiger partial charge is 0.151 e. The van der Waals surface area contributed by atoms with Crippen LogP contribution in [0.25, 0.3) is 10.9 Å². The molecule has 1 aromatic heterocycles. The van der Waals surface area contributed by atoms with E-state index in [4.69, 9.17) is 0 Å². The number of benzene rings is 1. The van der Waals surface area contributed by atoms with Gasteiger partial charge in [-0.15, -0.1) is 0 Å². The zero-order valence-electron chi connectivity index (χ0n) is 7.00. The number of nitrogens with zero attached hydrogens (tertiary/aromatic N) is 1. The Hall–Kier alpha value is -1.29. The number of pyridine rings is 1. The molecular weight excluding hydrogens is 249 g/mol. The molecule has 0 bridgehead atoms. The fourth-order valence-electron chi connectivity index (χ4n) is 1.20. The second kappa shape index (κ2) is 3.46. The van der Waals surface area contributed by atoms with E-state index < -0.39 is 0 Å². The summed E-state index contributed by atoms with van der Waals surface area (Å²) in [6.07, 6.45) is 2.14. The molecule has 0 radical (unpaired) electrons. The Balaban J connectivity index is 2.76. The Kier molecular flexibility index (Phi) is 2.29. The Morgan fingerprint density at radius 3 is 2.86 bits per heavy atom. The first-order valence-electron chi connectivity index (χ1n) is 3.90. The van der Waals surface area contributed by atoms with Gasteiger partial charge in [0.2, 0.25) is 0 Å². The SMILES string of the molecule is O=Cc1cnc2cc(Br)c(F)cc2c1. The van der Waals surface area contributed by atoms with E-state index in [0.29, 0.717) is 27.2 Å². The number of halogens is 2. The van der Waals surface area contributed by atoms with Gasteiger partial charge in [-0.3, -0.25) is 9.78 Å². The predicted molar refractivity (Wildman–Crippen MR) is 54.8 cm³/mol. The highest BCUT2D eigenvalue weighted by Crippen LogP contribution is 2.22. The molecule has 1 heterocycles. The van der Waals surface area contributed by atoms with Crippen molar-refractivity contribution < 1.29 is 9.18 Å². The van der Waals surface area contributed by atoms with Crippen LogP contribution in [0.3, 0.4) is 0 Å². The van der Waals surface area contributed by atoms with Gasteiger partial charge in [-0.25, -0.2) is 4.39 Å². The molecule has 0 aliphatic rings. The molecule has 4 heteroatoms. The van der Waals surface area contributed by atoms with E-state index >= 15 is 0 Å². The van der Waals surface area contributed by atoms with Crippen molar-refractivity contribution >= 4 is 33.1 Å². The zero-order valence-corrected chi connectivity index (χ0v) is 8.58. The number of carbonyl (C=O) groups is 1. The molecule has 0 fully saturated rings. The Bertz CT molecular complexity index is 513. The van der Waals surface area contributed by atoms with E-state index in [1.807, 2.05) is 0 Å². The van der Waals surface area contributed by atoms with Crippen LogP contribution in [0.5, 0.6) is 0 Å². The van der Waals surface area contributed by atoms with Crippen LogP contribution in [0.4, 0.5) is 4.39 Å². The van der Waals surface area contributed by atoms with E-state index in [1.54, 1.807) is 12.1 Å². The average Bonchev–Trinajstić information content (AvgIpc) is 2.19. The van der Waals surface area contributed by atoms with Crippen molar-refractivity contribution in [1.29, 1.82) is 0 Å². The normalized spacial score (nSPS) is 10.4. The Morgan fingerprint density at radius 1 is 1.36 bits per heavy atom. The number of hydrogen-bond acceptors (Lipinski definition) is 2. The van der Waals surface area contributed by atoms with Gasteiger partial charge in [0.1, 0.15) is 5.82 Å². The minimum atomic E-state index is -0.359. The van der Waals surface area contributed by atoms with E-state index in [2.05, 4.69) is 20.9 Å². The molecule has 0 atom stereocenters. The van der Waals surface area contributed by atoms with Gasteiger partial charge in [-0.05, 0) is 34.1 Å². The molecule has 0 amide bonds. The molecular formula is C10H5BrFNO. The largest absolute Gasteiger partial charge is 0.298 e. The van der Waals surface area contributed by atoms with Gasteiger partial charge in [0.05, 0.1) is 9.99 Å². The maximum atomic E-state index is 13.1. The van der Waals surface area contributed by atoms with Crippen LogP contribution in [-0.4, -0.2) is 11.3 Å². The highest BCUT2D eigenvalue weighted by Gasteiger charge is 2.03. The zero-order chi connectivity index (χ0) is 10.1. The van der Waals surface area contributed by atoms with Crippen molar-refractivity contribution in [2.75, 3.05) is 0 Å². The highest BCUT2D eigenvalue weighted by atomic mass is 79.9. The van der Waals surface area contributed by atoms with Crippen LogP contribution in [-0.2, 0) is 0 Å². The molecule has 70 valence electrons. The standard InChI is InChI=1S/C10H5BrFNO/c11-8-3-10-7(2-9(8)12)1-6(5-14)4-13-10/h1-5H. The summed E-state index contributed by atoms with van der Waals surface area (Å²) in [4.78, 5) is 14.5. The van der Waals surface area contributed by atoms with E-state index in [-0.39, 0.29) is 5.82 Å². The molecule has 0 unspecified atom stereocenters. The first kappa shape index (κ1) is 9.27. The number of fused-ring (bicyclic) bond motifs is 1. The molecule has 2 aromatic rings. The molecule has 0 saturated heterocycles. The first-order valence-corrected chi connectivity index (χ1v) is 4.70. The van der Waals surface area contributed by atoms with Crippen LogP contribution in [0, 0.1) is 5.82 Å². The van der Waals surface area contributed by atoms with E-state index in [1.165, 1.54) is 12.3 Å². The summed E-state index contributed by atoms with van der Waals surface area (Å²) in [7, 11) is 0. The second-order valence-electron chi connectivity index (χ2n) is 2.85. The number of carbonyl (C=O) groups excluding carboxylic acids is 1. The Morgan fingerprint density at radius 2 is 2.14 bits per heavy atom. The van der Waals surface area contributed by atoms with Crippen LogP contribution >= 0.6 is 15.9 Å². The van der Waals surface area contributed by atoms with E-state index in [9.17, 15) is 9.18 Å². The number of rotatable bonds is 1. The maximum absolute atomic E-state index is 13.1. The van der Waals surface area contributed by atoms with Crippen molar-refractivity contribution in [1.82, 2.24) is 4.98 Å². The van der Waals surface area contributed by atoms with Gasteiger partial charge in [0.15, 0.2) is 6.29 Å². The minimum absolute atomic E-state index is 0.359. The van der Waals surface area contributed by atoms with Gasteiger partial charge in [0.25, 0.3) is 0 Å². The highest BCUT2D eigenvalue weighted by molar-refractivity contribution is 9.10. The summed E-state index contributed by atoms with van der Waals surface area (Å²) in [6, 6.07) is 4.53. The molecule has 14 heavy (non-hydrogen) atoms. The molecule has 0 spiro atoms. The van der Waals surface area contributed by atoms with Crippen molar-refractivity contribution in [3.63, 3.8) is 0 Å². The fourth-order valence-corrected chi connectivity index (χ4v) is 1.54. The molecule has 1 aromatic carbocycles. The van der Waals surface area contributed by atoms with Crippen molar-refractivity contribution in [3.05, 3.63) is 40.2 Å². The monoisotopic (exact) mass is 253 g/mol. The lowest BCUT2D eigenvalue weighted by atomic mass is 10.2. The summed E-state index contributed by atoms with van der Waals surface area (Å²) in [5, 5.41) is 0.621. The average molecular weight is 254 g/mol. The van der Waals surface area contributed by atoms with Gasteiger partial charge < -0.3 is 0 Å².